The Morgan fingerprint density at radius 2 is 1.83 bits per heavy atom. The first kappa shape index (κ1) is 12.3. The maximum Gasteiger partial charge on any atom is -0.0126 e. The van der Waals surface area contributed by atoms with Gasteiger partial charge in [-0.15, -0.1) is 0 Å². The minimum atomic E-state index is 0.300. The maximum atomic E-state index is 2.45. The summed E-state index contributed by atoms with van der Waals surface area (Å²) in [7, 11) is 0. The van der Waals surface area contributed by atoms with Crippen molar-refractivity contribution < 1.29 is 0 Å². The van der Waals surface area contributed by atoms with E-state index in [1.807, 2.05) is 0 Å². The molecular weight excluding hydrogens is 216 g/mol. The van der Waals surface area contributed by atoms with Crippen LogP contribution in [0, 0.1) is 5.92 Å². The molecule has 0 aromatic heterocycles. The van der Waals surface area contributed by atoms with Crippen LogP contribution >= 0.6 is 0 Å². The Hall–Kier alpha value is -0.780. The van der Waals surface area contributed by atoms with Crippen LogP contribution in [0.4, 0.5) is 0 Å². The zero-order valence-corrected chi connectivity index (χ0v) is 12.3. The summed E-state index contributed by atoms with van der Waals surface area (Å²) in [5.74, 6) is 1.73. The number of benzene rings is 1. The number of hydrogen-bond acceptors (Lipinski definition) is 0. The van der Waals surface area contributed by atoms with Gasteiger partial charge >= 0.3 is 0 Å². The molecule has 1 aromatic carbocycles. The Balaban J connectivity index is 2.13. The predicted molar refractivity (Wildman–Crippen MR) is 78.3 cm³/mol. The molecule has 1 fully saturated rings. The zero-order valence-electron chi connectivity index (χ0n) is 12.3. The molecule has 3 rings (SSSR count). The van der Waals surface area contributed by atoms with Gasteiger partial charge in [0.15, 0.2) is 0 Å². The van der Waals surface area contributed by atoms with Gasteiger partial charge in [-0.25, -0.2) is 0 Å². The van der Waals surface area contributed by atoms with Gasteiger partial charge in [0, 0.05) is 0 Å². The fraction of sp³-hybridized carbons (Fsp3) is 0.667. The van der Waals surface area contributed by atoms with Crippen molar-refractivity contribution in [2.75, 3.05) is 0 Å². The molecule has 0 heteroatoms. The Morgan fingerprint density at radius 1 is 1.11 bits per heavy atom. The van der Waals surface area contributed by atoms with Gasteiger partial charge in [0.2, 0.25) is 0 Å². The highest BCUT2D eigenvalue weighted by Crippen LogP contribution is 2.47. The standard InChI is InChI=1S/C18H26/c1-12(13-8-9-13)15-11-10-14-6-5-7-16(14)17(15)18(2,3)4/h10-13H,5-9H2,1-4H3. The third kappa shape index (κ3) is 2.00. The molecular formula is C18H26. The molecule has 2 aliphatic rings. The molecule has 1 unspecified atom stereocenters. The predicted octanol–water partition coefficient (Wildman–Crippen LogP) is 4.99. The summed E-state index contributed by atoms with van der Waals surface area (Å²) >= 11 is 0. The van der Waals surface area contributed by atoms with Crippen LogP contribution in [0.2, 0.25) is 0 Å². The highest BCUT2D eigenvalue weighted by atomic mass is 14.4. The van der Waals surface area contributed by atoms with Crippen LogP contribution in [-0.2, 0) is 18.3 Å². The minimum absolute atomic E-state index is 0.300. The Morgan fingerprint density at radius 3 is 2.44 bits per heavy atom. The summed E-state index contributed by atoms with van der Waals surface area (Å²) in [6.07, 6.45) is 6.87. The van der Waals surface area contributed by atoms with Crippen molar-refractivity contribution in [3.8, 4) is 0 Å². The van der Waals surface area contributed by atoms with Crippen molar-refractivity contribution in [3.63, 3.8) is 0 Å². The summed E-state index contributed by atoms with van der Waals surface area (Å²) in [6.45, 7) is 9.63. The highest BCUT2D eigenvalue weighted by Gasteiger charge is 2.34. The summed E-state index contributed by atoms with van der Waals surface area (Å²) in [5, 5.41) is 0. The Labute approximate surface area is 112 Å². The van der Waals surface area contributed by atoms with Crippen molar-refractivity contribution >= 4 is 0 Å². The molecule has 0 bridgehead atoms. The van der Waals surface area contributed by atoms with Gasteiger partial charge in [-0.3, -0.25) is 0 Å². The molecule has 0 N–H and O–H groups in total. The molecule has 98 valence electrons. The van der Waals surface area contributed by atoms with E-state index in [-0.39, 0.29) is 0 Å². The van der Waals surface area contributed by atoms with Gasteiger partial charge in [0.25, 0.3) is 0 Å². The van der Waals surface area contributed by atoms with E-state index in [0.29, 0.717) is 5.41 Å². The van der Waals surface area contributed by atoms with Crippen LogP contribution in [-0.4, -0.2) is 0 Å². The van der Waals surface area contributed by atoms with Crippen LogP contribution in [0.5, 0.6) is 0 Å². The van der Waals surface area contributed by atoms with Crippen molar-refractivity contribution in [2.24, 2.45) is 5.92 Å². The minimum Gasteiger partial charge on any atom is -0.0585 e. The summed E-state index contributed by atoms with van der Waals surface area (Å²) in [4.78, 5) is 0. The first-order valence-electron chi connectivity index (χ1n) is 7.63. The van der Waals surface area contributed by atoms with E-state index < -0.39 is 0 Å². The molecule has 0 radical (unpaired) electrons. The van der Waals surface area contributed by atoms with E-state index in [0.717, 1.165) is 11.8 Å². The molecule has 1 saturated carbocycles. The molecule has 0 saturated heterocycles. The van der Waals surface area contributed by atoms with Crippen molar-refractivity contribution in [2.45, 2.75) is 71.1 Å². The zero-order chi connectivity index (χ0) is 12.9. The van der Waals surface area contributed by atoms with Crippen LogP contribution in [0.25, 0.3) is 0 Å². The topological polar surface area (TPSA) is 0 Å². The quantitative estimate of drug-likeness (QED) is 0.685. The van der Waals surface area contributed by atoms with Crippen molar-refractivity contribution in [1.82, 2.24) is 0 Å². The van der Waals surface area contributed by atoms with E-state index in [1.54, 1.807) is 22.3 Å². The lowest BCUT2D eigenvalue weighted by Crippen LogP contribution is -2.19. The summed E-state index contributed by atoms with van der Waals surface area (Å²) in [5.41, 5.74) is 6.98. The fourth-order valence-corrected chi connectivity index (χ4v) is 3.80. The summed E-state index contributed by atoms with van der Waals surface area (Å²) < 4.78 is 0. The molecule has 0 aliphatic heterocycles. The Kier molecular flexibility index (Phi) is 2.80. The molecule has 0 nitrogen and oxygen atoms in total. The second-order valence-electron chi connectivity index (χ2n) is 7.40. The second-order valence-corrected chi connectivity index (χ2v) is 7.40. The molecule has 18 heavy (non-hydrogen) atoms. The third-order valence-electron chi connectivity index (χ3n) is 4.88. The van der Waals surface area contributed by atoms with Gasteiger partial charge in [0.05, 0.1) is 0 Å². The van der Waals surface area contributed by atoms with Gasteiger partial charge in [-0.05, 0) is 71.6 Å². The average molecular weight is 242 g/mol. The van der Waals surface area contributed by atoms with E-state index in [4.69, 9.17) is 0 Å². The highest BCUT2D eigenvalue weighted by molar-refractivity contribution is 5.48. The van der Waals surface area contributed by atoms with Gasteiger partial charge in [0.1, 0.15) is 0 Å². The number of aryl methyl sites for hydroxylation is 1. The van der Waals surface area contributed by atoms with Crippen molar-refractivity contribution in [3.05, 3.63) is 34.4 Å². The van der Waals surface area contributed by atoms with Crippen LogP contribution in [0.3, 0.4) is 0 Å². The van der Waals surface area contributed by atoms with E-state index in [2.05, 4.69) is 39.8 Å². The number of fused-ring (bicyclic) bond motifs is 1. The van der Waals surface area contributed by atoms with Gasteiger partial charge in [-0.1, -0.05) is 39.8 Å². The SMILES string of the molecule is CC(c1ccc2c(c1C(C)(C)C)CCC2)C1CC1. The van der Waals surface area contributed by atoms with Crippen LogP contribution < -0.4 is 0 Å². The largest absolute Gasteiger partial charge is 0.0585 e. The first-order chi connectivity index (χ1) is 8.48. The average Bonchev–Trinajstić information content (AvgIpc) is 3.03. The monoisotopic (exact) mass is 242 g/mol. The van der Waals surface area contributed by atoms with Gasteiger partial charge < -0.3 is 0 Å². The second kappa shape index (κ2) is 4.11. The van der Waals surface area contributed by atoms with Crippen molar-refractivity contribution in [1.29, 1.82) is 0 Å². The lowest BCUT2D eigenvalue weighted by molar-refractivity contribution is 0.555. The lowest BCUT2D eigenvalue weighted by atomic mass is 9.75. The summed E-state index contributed by atoms with van der Waals surface area (Å²) in [6, 6.07) is 4.87. The van der Waals surface area contributed by atoms with Crippen LogP contribution in [0.15, 0.2) is 12.1 Å². The molecule has 1 atom stereocenters. The smallest absolute Gasteiger partial charge is 0.0126 e. The normalized spacial score (nSPS) is 20.9. The van der Waals surface area contributed by atoms with E-state index >= 15 is 0 Å². The molecule has 0 amide bonds. The number of hydrogen-bond donors (Lipinski definition) is 0. The third-order valence-corrected chi connectivity index (χ3v) is 4.88. The fourth-order valence-electron chi connectivity index (χ4n) is 3.80. The van der Waals surface area contributed by atoms with Gasteiger partial charge in [-0.2, -0.15) is 0 Å². The maximum absolute atomic E-state index is 2.45. The molecule has 2 aliphatic carbocycles. The number of rotatable bonds is 2. The first-order valence-corrected chi connectivity index (χ1v) is 7.63. The molecule has 0 spiro atoms. The molecule has 0 heterocycles. The lowest BCUT2D eigenvalue weighted by Gasteiger charge is -2.29. The Bertz CT molecular complexity index is 458. The molecule has 1 aromatic rings. The van der Waals surface area contributed by atoms with E-state index in [1.165, 1.54) is 32.1 Å². The van der Waals surface area contributed by atoms with E-state index in [9.17, 15) is 0 Å². The van der Waals surface area contributed by atoms with Crippen LogP contribution in [0.1, 0.15) is 75.1 Å².